The molecule has 0 saturated carbocycles. The molecule has 0 saturated heterocycles. The Kier molecular flexibility index (Phi) is 3.90. The molecular formula is C15H12N4O3S. The number of aromatic nitrogens is 2. The van der Waals surface area contributed by atoms with E-state index >= 15 is 0 Å². The van der Waals surface area contributed by atoms with Gasteiger partial charge in [-0.05, 0) is 30.5 Å². The van der Waals surface area contributed by atoms with E-state index < -0.39 is 4.92 Å². The molecule has 0 bridgehead atoms. The third-order valence-corrected chi connectivity index (χ3v) is 3.99. The number of non-ortho nitro benzene ring substituents is 1. The lowest BCUT2D eigenvalue weighted by molar-refractivity contribution is -0.384. The summed E-state index contributed by atoms with van der Waals surface area (Å²) in [5.74, 6) is 0.290. The van der Waals surface area contributed by atoms with Crippen LogP contribution in [-0.2, 0) is 0 Å². The fourth-order valence-electron chi connectivity index (χ4n) is 2.09. The smallest absolute Gasteiger partial charge is 0.269 e. The number of nitrogens with zero attached hydrogens (tertiary/aromatic N) is 3. The maximum Gasteiger partial charge on any atom is 0.269 e. The highest BCUT2D eigenvalue weighted by Gasteiger charge is 2.14. The fourth-order valence-corrected chi connectivity index (χ4v) is 2.71. The predicted octanol–water partition coefficient (Wildman–Crippen LogP) is 3.40. The Morgan fingerprint density at radius 2 is 2.04 bits per heavy atom. The van der Waals surface area contributed by atoms with Gasteiger partial charge in [-0.15, -0.1) is 11.3 Å². The van der Waals surface area contributed by atoms with Gasteiger partial charge in [-0.2, -0.15) is 5.10 Å². The molecule has 7 nitrogen and oxygen atoms in total. The first-order valence-corrected chi connectivity index (χ1v) is 7.59. The van der Waals surface area contributed by atoms with Gasteiger partial charge in [0.25, 0.3) is 11.6 Å². The van der Waals surface area contributed by atoms with Crippen molar-refractivity contribution in [1.82, 2.24) is 9.78 Å². The van der Waals surface area contributed by atoms with E-state index in [0.717, 1.165) is 5.69 Å². The van der Waals surface area contributed by atoms with Crippen LogP contribution in [0.15, 0.2) is 47.8 Å². The maximum absolute atomic E-state index is 12.2. The summed E-state index contributed by atoms with van der Waals surface area (Å²) in [5, 5.41) is 19.7. The number of nitrogens with one attached hydrogen (secondary N) is 1. The van der Waals surface area contributed by atoms with Gasteiger partial charge in [-0.25, -0.2) is 4.68 Å². The van der Waals surface area contributed by atoms with Gasteiger partial charge in [-0.1, -0.05) is 6.07 Å². The Balaban J connectivity index is 1.91. The summed E-state index contributed by atoms with van der Waals surface area (Å²) in [6.45, 7) is 1.81. The third kappa shape index (κ3) is 3.11. The highest BCUT2D eigenvalue weighted by atomic mass is 32.1. The molecule has 2 heterocycles. The Hall–Kier alpha value is -3.00. The Morgan fingerprint density at radius 1 is 1.30 bits per heavy atom. The van der Waals surface area contributed by atoms with Crippen LogP contribution in [0.4, 0.5) is 11.5 Å². The minimum Gasteiger partial charge on any atom is -0.306 e. The van der Waals surface area contributed by atoms with E-state index in [1.165, 1.54) is 23.5 Å². The van der Waals surface area contributed by atoms with Gasteiger partial charge >= 0.3 is 0 Å². The second-order valence-corrected chi connectivity index (χ2v) is 5.74. The van der Waals surface area contributed by atoms with Gasteiger partial charge in [-0.3, -0.25) is 14.9 Å². The second-order valence-electron chi connectivity index (χ2n) is 4.79. The van der Waals surface area contributed by atoms with Crippen molar-refractivity contribution in [2.24, 2.45) is 0 Å². The van der Waals surface area contributed by atoms with E-state index in [0.29, 0.717) is 16.4 Å². The molecule has 0 aliphatic rings. The SMILES string of the molecule is Cc1cc(NC(=O)c2cccs2)n(-c2ccc([N+](=O)[O-])cc2)n1. The van der Waals surface area contributed by atoms with Gasteiger partial charge in [0.1, 0.15) is 5.82 Å². The number of nitro benzene ring substituents is 1. The van der Waals surface area contributed by atoms with E-state index in [4.69, 9.17) is 0 Å². The molecule has 3 aromatic rings. The number of anilines is 1. The zero-order chi connectivity index (χ0) is 16.4. The van der Waals surface area contributed by atoms with E-state index in [-0.39, 0.29) is 11.6 Å². The molecule has 0 aliphatic carbocycles. The summed E-state index contributed by atoms with van der Waals surface area (Å²) in [4.78, 5) is 23.0. The lowest BCUT2D eigenvalue weighted by Gasteiger charge is -2.08. The average molecular weight is 328 g/mol. The summed E-state index contributed by atoms with van der Waals surface area (Å²) in [6.07, 6.45) is 0. The Labute approximate surface area is 135 Å². The number of nitro groups is 1. The summed E-state index contributed by atoms with van der Waals surface area (Å²) in [7, 11) is 0. The summed E-state index contributed by atoms with van der Waals surface area (Å²) in [6, 6.07) is 11.3. The summed E-state index contributed by atoms with van der Waals surface area (Å²) >= 11 is 1.35. The van der Waals surface area contributed by atoms with E-state index in [2.05, 4.69) is 10.4 Å². The number of hydrogen-bond acceptors (Lipinski definition) is 5. The zero-order valence-corrected chi connectivity index (χ0v) is 12.9. The molecule has 0 fully saturated rings. The minimum atomic E-state index is -0.461. The molecule has 0 radical (unpaired) electrons. The van der Waals surface area contributed by atoms with Crippen molar-refractivity contribution in [1.29, 1.82) is 0 Å². The van der Waals surface area contributed by atoms with Crippen LogP contribution in [0.25, 0.3) is 5.69 Å². The number of rotatable bonds is 4. The van der Waals surface area contributed by atoms with Crippen molar-refractivity contribution >= 4 is 28.7 Å². The highest BCUT2D eigenvalue weighted by Crippen LogP contribution is 2.21. The first-order valence-electron chi connectivity index (χ1n) is 6.71. The van der Waals surface area contributed by atoms with Crippen LogP contribution >= 0.6 is 11.3 Å². The molecule has 3 rings (SSSR count). The number of aryl methyl sites for hydroxylation is 1. The predicted molar refractivity (Wildman–Crippen MR) is 87.2 cm³/mol. The van der Waals surface area contributed by atoms with Gasteiger partial charge in [0.05, 0.1) is 21.2 Å². The molecule has 0 atom stereocenters. The van der Waals surface area contributed by atoms with Crippen molar-refractivity contribution in [2.45, 2.75) is 6.92 Å². The Morgan fingerprint density at radius 3 is 2.65 bits per heavy atom. The standard InChI is InChI=1S/C15H12N4O3S/c1-10-9-14(16-15(20)13-3-2-8-23-13)18(17-10)11-4-6-12(7-5-11)19(21)22/h2-9H,1H3,(H,16,20). The van der Waals surface area contributed by atoms with Gasteiger partial charge in [0, 0.05) is 18.2 Å². The lowest BCUT2D eigenvalue weighted by Crippen LogP contribution is -2.13. The number of benzene rings is 1. The van der Waals surface area contributed by atoms with Crippen molar-refractivity contribution in [3.63, 3.8) is 0 Å². The van der Waals surface area contributed by atoms with E-state index in [1.807, 2.05) is 12.3 Å². The molecule has 0 spiro atoms. The monoisotopic (exact) mass is 328 g/mol. The molecular weight excluding hydrogens is 316 g/mol. The van der Waals surface area contributed by atoms with Gasteiger partial charge < -0.3 is 5.32 Å². The highest BCUT2D eigenvalue weighted by molar-refractivity contribution is 7.12. The molecule has 1 aromatic carbocycles. The molecule has 1 N–H and O–H groups in total. The fraction of sp³-hybridized carbons (Fsp3) is 0.0667. The number of carbonyl (C=O) groups is 1. The zero-order valence-electron chi connectivity index (χ0n) is 12.1. The van der Waals surface area contributed by atoms with Crippen molar-refractivity contribution in [3.8, 4) is 5.69 Å². The van der Waals surface area contributed by atoms with Crippen LogP contribution in [-0.4, -0.2) is 20.6 Å². The first kappa shape index (κ1) is 14.9. The topological polar surface area (TPSA) is 90.1 Å². The quantitative estimate of drug-likeness (QED) is 0.587. The molecule has 0 unspecified atom stereocenters. The second kappa shape index (κ2) is 6.01. The maximum atomic E-state index is 12.2. The van der Waals surface area contributed by atoms with Crippen molar-refractivity contribution in [3.05, 3.63) is 68.5 Å². The van der Waals surface area contributed by atoms with Crippen LogP contribution in [0, 0.1) is 17.0 Å². The van der Waals surface area contributed by atoms with Gasteiger partial charge in [0.2, 0.25) is 0 Å². The van der Waals surface area contributed by atoms with Gasteiger partial charge in [0.15, 0.2) is 0 Å². The van der Waals surface area contributed by atoms with Crippen molar-refractivity contribution in [2.75, 3.05) is 5.32 Å². The molecule has 116 valence electrons. The van der Waals surface area contributed by atoms with Crippen LogP contribution < -0.4 is 5.32 Å². The van der Waals surface area contributed by atoms with E-state index in [1.54, 1.807) is 35.0 Å². The first-order chi connectivity index (χ1) is 11.0. The van der Waals surface area contributed by atoms with Crippen LogP contribution in [0.2, 0.25) is 0 Å². The molecule has 2 aromatic heterocycles. The number of hydrogen-bond donors (Lipinski definition) is 1. The summed E-state index contributed by atoms with van der Waals surface area (Å²) in [5.41, 5.74) is 1.36. The normalized spacial score (nSPS) is 10.5. The Bertz CT molecular complexity index is 853. The van der Waals surface area contributed by atoms with Crippen LogP contribution in [0.1, 0.15) is 15.4 Å². The average Bonchev–Trinajstić information content (AvgIpc) is 3.17. The number of thiophene rings is 1. The molecule has 23 heavy (non-hydrogen) atoms. The largest absolute Gasteiger partial charge is 0.306 e. The minimum absolute atomic E-state index is 0.00167. The number of carbonyl (C=O) groups excluding carboxylic acids is 1. The summed E-state index contributed by atoms with van der Waals surface area (Å²) < 4.78 is 1.55. The molecule has 0 aliphatic heterocycles. The van der Waals surface area contributed by atoms with E-state index in [9.17, 15) is 14.9 Å². The third-order valence-electron chi connectivity index (χ3n) is 3.12. The lowest BCUT2D eigenvalue weighted by atomic mass is 10.3. The molecule has 8 heteroatoms. The number of amides is 1. The van der Waals surface area contributed by atoms with Crippen molar-refractivity contribution < 1.29 is 9.72 Å². The van der Waals surface area contributed by atoms with Crippen LogP contribution in [0.3, 0.4) is 0 Å². The molecule has 1 amide bonds. The van der Waals surface area contributed by atoms with Crippen LogP contribution in [0.5, 0.6) is 0 Å².